The van der Waals surface area contributed by atoms with Gasteiger partial charge in [0.2, 0.25) is 5.91 Å². The van der Waals surface area contributed by atoms with Gasteiger partial charge in [0.25, 0.3) is 11.8 Å². The minimum absolute atomic E-state index is 0.0416. The minimum atomic E-state index is -0.316. The molecule has 156 valence electrons. The zero-order valence-corrected chi connectivity index (χ0v) is 16.9. The molecule has 0 N–H and O–H groups in total. The largest absolute Gasteiger partial charge is 0.332 e. The summed E-state index contributed by atoms with van der Waals surface area (Å²) < 4.78 is 2.20. The Balaban J connectivity index is 1.28. The molecule has 1 saturated heterocycles. The highest BCUT2D eigenvalue weighted by Crippen LogP contribution is 2.33. The minimum Gasteiger partial charge on any atom is -0.332 e. The van der Waals surface area contributed by atoms with Gasteiger partial charge in [0.1, 0.15) is 5.82 Å². The molecule has 8 nitrogen and oxygen atoms in total. The maximum atomic E-state index is 13.0. The van der Waals surface area contributed by atoms with Gasteiger partial charge in [-0.25, -0.2) is 0 Å². The van der Waals surface area contributed by atoms with Crippen LogP contribution in [0.15, 0.2) is 24.3 Å². The number of rotatable bonds is 4. The number of aromatic nitrogens is 3. The van der Waals surface area contributed by atoms with E-state index < -0.39 is 0 Å². The van der Waals surface area contributed by atoms with E-state index in [1.807, 2.05) is 4.90 Å². The first-order valence-electron chi connectivity index (χ1n) is 10.8. The van der Waals surface area contributed by atoms with Crippen molar-refractivity contribution in [3.8, 4) is 0 Å². The van der Waals surface area contributed by atoms with Crippen molar-refractivity contribution in [3.63, 3.8) is 0 Å². The molecule has 1 aromatic carbocycles. The van der Waals surface area contributed by atoms with Crippen LogP contribution in [0.1, 0.15) is 76.9 Å². The van der Waals surface area contributed by atoms with Crippen LogP contribution in [0.25, 0.3) is 0 Å². The zero-order chi connectivity index (χ0) is 20.7. The van der Waals surface area contributed by atoms with Gasteiger partial charge in [-0.3, -0.25) is 19.3 Å². The maximum absolute atomic E-state index is 13.0. The first-order chi connectivity index (χ1) is 14.6. The average Bonchev–Trinajstić information content (AvgIpc) is 3.40. The molecule has 1 unspecified atom stereocenters. The van der Waals surface area contributed by atoms with Crippen LogP contribution >= 0.6 is 0 Å². The number of hydrogen-bond acceptors (Lipinski definition) is 5. The Morgan fingerprint density at radius 1 is 0.967 bits per heavy atom. The predicted molar refractivity (Wildman–Crippen MR) is 108 cm³/mol. The van der Waals surface area contributed by atoms with Crippen LogP contribution in [0.3, 0.4) is 0 Å². The molecule has 8 heteroatoms. The molecule has 0 saturated carbocycles. The summed E-state index contributed by atoms with van der Waals surface area (Å²) in [6.07, 6.45) is 6.29. The standard InChI is InChI=1S/C22H25N5O3/c28-19(11-14-27-21(29)15-7-3-4-8-16(15)22(27)30)25-13-6-9-17(25)20-24-23-18-10-2-1-5-12-26(18)20/h3-4,7-8,17H,1-2,5-6,9-14H2. The van der Waals surface area contributed by atoms with Crippen molar-refractivity contribution in [1.29, 1.82) is 0 Å². The van der Waals surface area contributed by atoms with Crippen LogP contribution in [-0.2, 0) is 17.8 Å². The molecular formula is C22H25N5O3. The molecule has 1 fully saturated rings. The monoisotopic (exact) mass is 407 g/mol. The number of fused-ring (bicyclic) bond motifs is 2. The van der Waals surface area contributed by atoms with E-state index in [1.165, 1.54) is 11.3 Å². The maximum Gasteiger partial charge on any atom is 0.261 e. The SMILES string of the molecule is O=C1c2ccccc2C(=O)N1CCC(=O)N1CCCC1c1nnc2n1CCCCC2. The molecule has 0 aliphatic carbocycles. The third kappa shape index (κ3) is 3.11. The molecule has 3 aliphatic rings. The summed E-state index contributed by atoms with van der Waals surface area (Å²) in [5.41, 5.74) is 0.834. The fraction of sp³-hybridized carbons (Fsp3) is 0.500. The molecule has 4 heterocycles. The molecule has 2 aromatic rings. The smallest absolute Gasteiger partial charge is 0.261 e. The van der Waals surface area contributed by atoms with E-state index in [0.29, 0.717) is 17.7 Å². The first-order valence-corrected chi connectivity index (χ1v) is 10.8. The number of aryl methyl sites for hydroxylation is 1. The quantitative estimate of drug-likeness (QED) is 0.726. The van der Waals surface area contributed by atoms with Crippen molar-refractivity contribution >= 4 is 17.7 Å². The highest BCUT2D eigenvalue weighted by atomic mass is 16.2. The lowest BCUT2D eigenvalue weighted by Gasteiger charge is -2.25. The van der Waals surface area contributed by atoms with Crippen molar-refractivity contribution in [2.45, 2.75) is 57.5 Å². The molecule has 1 atom stereocenters. The van der Waals surface area contributed by atoms with E-state index in [1.54, 1.807) is 24.3 Å². The highest BCUT2D eigenvalue weighted by Gasteiger charge is 2.37. The molecule has 3 amide bonds. The van der Waals surface area contributed by atoms with Crippen molar-refractivity contribution in [1.82, 2.24) is 24.6 Å². The molecule has 3 aliphatic heterocycles. The van der Waals surface area contributed by atoms with Gasteiger partial charge < -0.3 is 9.47 Å². The zero-order valence-electron chi connectivity index (χ0n) is 16.9. The summed E-state index contributed by atoms with van der Waals surface area (Å²) in [6.45, 7) is 1.69. The molecule has 0 spiro atoms. The van der Waals surface area contributed by atoms with Crippen LogP contribution in [0.2, 0.25) is 0 Å². The Bertz CT molecular complexity index is 979. The number of benzene rings is 1. The number of carbonyl (C=O) groups excluding carboxylic acids is 3. The fourth-order valence-corrected chi connectivity index (χ4v) is 4.88. The number of hydrogen-bond donors (Lipinski definition) is 0. The van der Waals surface area contributed by atoms with Crippen LogP contribution in [0.4, 0.5) is 0 Å². The third-order valence-corrected chi connectivity index (χ3v) is 6.44. The number of amides is 3. The van der Waals surface area contributed by atoms with E-state index in [0.717, 1.165) is 50.3 Å². The lowest BCUT2D eigenvalue weighted by Crippen LogP contribution is -2.37. The lowest BCUT2D eigenvalue weighted by molar-refractivity contribution is -0.132. The molecule has 0 radical (unpaired) electrons. The predicted octanol–water partition coefficient (Wildman–Crippen LogP) is 2.35. The van der Waals surface area contributed by atoms with E-state index in [-0.39, 0.29) is 36.7 Å². The Morgan fingerprint density at radius 3 is 2.50 bits per heavy atom. The third-order valence-electron chi connectivity index (χ3n) is 6.44. The van der Waals surface area contributed by atoms with Gasteiger partial charge in [-0.05, 0) is 37.8 Å². The lowest BCUT2D eigenvalue weighted by atomic mass is 10.1. The summed E-state index contributed by atoms with van der Waals surface area (Å²) in [4.78, 5) is 41.2. The Morgan fingerprint density at radius 2 is 1.73 bits per heavy atom. The number of nitrogens with zero attached hydrogens (tertiary/aromatic N) is 5. The Hall–Kier alpha value is -3.03. The second kappa shape index (κ2) is 7.66. The molecule has 30 heavy (non-hydrogen) atoms. The second-order valence-electron chi connectivity index (χ2n) is 8.24. The average molecular weight is 407 g/mol. The summed E-state index contributed by atoms with van der Waals surface area (Å²) in [5, 5.41) is 8.83. The van der Waals surface area contributed by atoms with Gasteiger partial charge in [0, 0.05) is 32.5 Å². The van der Waals surface area contributed by atoms with Gasteiger partial charge in [0.05, 0.1) is 17.2 Å². The summed E-state index contributed by atoms with van der Waals surface area (Å²) >= 11 is 0. The van der Waals surface area contributed by atoms with Gasteiger partial charge in [-0.15, -0.1) is 10.2 Å². The highest BCUT2D eigenvalue weighted by molar-refractivity contribution is 6.21. The topological polar surface area (TPSA) is 88.4 Å². The number of carbonyl (C=O) groups is 3. The summed E-state index contributed by atoms with van der Waals surface area (Å²) in [5.74, 6) is 1.24. The van der Waals surface area contributed by atoms with E-state index >= 15 is 0 Å². The number of likely N-dealkylation sites (tertiary alicyclic amines) is 1. The molecule has 1 aromatic heterocycles. The van der Waals surface area contributed by atoms with E-state index in [4.69, 9.17) is 0 Å². The fourth-order valence-electron chi connectivity index (χ4n) is 4.88. The van der Waals surface area contributed by atoms with E-state index in [2.05, 4.69) is 14.8 Å². The van der Waals surface area contributed by atoms with Gasteiger partial charge in [-0.1, -0.05) is 18.6 Å². The summed E-state index contributed by atoms with van der Waals surface area (Å²) in [6, 6.07) is 6.73. The first kappa shape index (κ1) is 19.0. The molecule has 0 bridgehead atoms. The number of imide groups is 1. The Kier molecular flexibility index (Phi) is 4.84. The van der Waals surface area contributed by atoms with Gasteiger partial charge in [-0.2, -0.15) is 0 Å². The summed E-state index contributed by atoms with van der Waals surface area (Å²) in [7, 11) is 0. The van der Waals surface area contributed by atoms with Crippen molar-refractivity contribution in [2.75, 3.05) is 13.1 Å². The van der Waals surface area contributed by atoms with Crippen molar-refractivity contribution in [3.05, 3.63) is 47.0 Å². The molecule has 5 rings (SSSR count). The van der Waals surface area contributed by atoms with Crippen LogP contribution < -0.4 is 0 Å². The van der Waals surface area contributed by atoms with Gasteiger partial charge >= 0.3 is 0 Å². The van der Waals surface area contributed by atoms with Crippen LogP contribution in [0.5, 0.6) is 0 Å². The van der Waals surface area contributed by atoms with Crippen molar-refractivity contribution < 1.29 is 14.4 Å². The van der Waals surface area contributed by atoms with Crippen LogP contribution in [-0.4, -0.2) is 55.4 Å². The van der Waals surface area contributed by atoms with Crippen molar-refractivity contribution in [2.24, 2.45) is 0 Å². The normalized spacial score (nSPS) is 21.0. The molecular weight excluding hydrogens is 382 g/mol. The van der Waals surface area contributed by atoms with Crippen LogP contribution in [0, 0.1) is 0 Å². The second-order valence-corrected chi connectivity index (χ2v) is 8.24. The Labute approximate surface area is 174 Å². The van der Waals surface area contributed by atoms with E-state index in [9.17, 15) is 14.4 Å². The van der Waals surface area contributed by atoms with Gasteiger partial charge in [0.15, 0.2) is 5.82 Å².